The molecule has 0 fully saturated rings. The number of carbonyl (C=O) groups is 1. The van der Waals surface area contributed by atoms with E-state index in [1.54, 1.807) is 35.6 Å². The summed E-state index contributed by atoms with van der Waals surface area (Å²) in [5.74, 6) is 1.31. The number of nitrogens with one attached hydrogen (secondary N) is 2. The molecule has 0 bridgehead atoms. The molecule has 0 saturated heterocycles. The topological polar surface area (TPSA) is 81.7 Å². The van der Waals surface area contributed by atoms with Gasteiger partial charge in [0.05, 0.1) is 42.3 Å². The number of para-hydroxylation sites is 1. The molecule has 1 aromatic heterocycles. The first kappa shape index (κ1) is 21.7. The second kappa shape index (κ2) is 9.33. The predicted octanol–water partition coefficient (Wildman–Crippen LogP) is 6.29. The molecule has 1 heterocycles. The monoisotopic (exact) mass is 469 g/mol. The maximum Gasteiger partial charge on any atom is 0.323 e. The Bertz CT molecular complexity index is 1230. The molecule has 0 radical (unpaired) electrons. The molecule has 0 unspecified atom stereocenters. The van der Waals surface area contributed by atoms with Crippen molar-refractivity contribution in [3.63, 3.8) is 0 Å². The third kappa shape index (κ3) is 4.42. The number of nitrogens with zero attached hydrogens (tertiary/aromatic N) is 1. The zero-order valence-electron chi connectivity index (χ0n) is 17.6. The molecule has 0 atom stereocenters. The van der Waals surface area contributed by atoms with Gasteiger partial charge in [-0.3, -0.25) is 0 Å². The van der Waals surface area contributed by atoms with E-state index in [9.17, 15) is 4.79 Å². The van der Waals surface area contributed by atoms with Crippen molar-refractivity contribution in [1.82, 2.24) is 4.98 Å². The molecule has 0 spiro atoms. The highest BCUT2D eigenvalue weighted by Gasteiger charge is 2.15. The van der Waals surface area contributed by atoms with Crippen molar-refractivity contribution < 1.29 is 19.0 Å². The summed E-state index contributed by atoms with van der Waals surface area (Å²) in [6.45, 7) is 0. The summed E-state index contributed by atoms with van der Waals surface area (Å²) in [6.07, 6.45) is 0. The van der Waals surface area contributed by atoms with Crippen LogP contribution in [0.2, 0.25) is 5.02 Å². The average Bonchev–Trinajstić information content (AvgIpc) is 3.22. The lowest BCUT2D eigenvalue weighted by molar-refractivity contribution is 0.262. The van der Waals surface area contributed by atoms with Gasteiger partial charge >= 0.3 is 6.03 Å². The molecule has 0 aliphatic carbocycles. The van der Waals surface area contributed by atoms with Gasteiger partial charge in [-0.15, -0.1) is 11.3 Å². The Labute approximate surface area is 193 Å². The summed E-state index contributed by atoms with van der Waals surface area (Å²) in [6, 6.07) is 16.1. The molecule has 32 heavy (non-hydrogen) atoms. The zero-order chi connectivity index (χ0) is 22.7. The van der Waals surface area contributed by atoms with Gasteiger partial charge in [0.2, 0.25) is 5.75 Å². The highest BCUT2D eigenvalue weighted by molar-refractivity contribution is 7.21. The highest BCUT2D eigenvalue weighted by Crippen LogP contribution is 2.40. The molecule has 0 aliphatic heterocycles. The fourth-order valence-corrected chi connectivity index (χ4v) is 4.53. The van der Waals surface area contributed by atoms with Crippen LogP contribution in [0.4, 0.5) is 16.2 Å². The van der Waals surface area contributed by atoms with E-state index in [1.807, 2.05) is 30.3 Å². The van der Waals surface area contributed by atoms with Crippen LogP contribution < -0.4 is 24.8 Å². The number of amides is 2. The molecular weight excluding hydrogens is 450 g/mol. The number of fused-ring (bicyclic) bond motifs is 1. The van der Waals surface area contributed by atoms with Gasteiger partial charge in [0.1, 0.15) is 5.01 Å². The van der Waals surface area contributed by atoms with Gasteiger partial charge in [-0.2, -0.15) is 0 Å². The molecule has 2 N–H and O–H groups in total. The summed E-state index contributed by atoms with van der Waals surface area (Å²) in [7, 11) is 4.54. The fourth-order valence-electron chi connectivity index (χ4n) is 3.20. The number of methoxy groups -OCH3 is 3. The van der Waals surface area contributed by atoms with Crippen LogP contribution in [0.25, 0.3) is 20.8 Å². The third-order valence-electron chi connectivity index (χ3n) is 4.67. The number of carbonyl (C=O) groups excluding carboxylic acids is 1. The molecule has 7 nitrogen and oxygen atoms in total. The Morgan fingerprint density at radius 2 is 1.59 bits per heavy atom. The van der Waals surface area contributed by atoms with Gasteiger partial charge in [0.15, 0.2) is 11.5 Å². The third-order valence-corrected chi connectivity index (χ3v) is 6.06. The predicted molar refractivity (Wildman–Crippen MR) is 129 cm³/mol. The van der Waals surface area contributed by atoms with Crippen LogP contribution in [-0.2, 0) is 0 Å². The number of ether oxygens (including phenoxy) is 3. The summed E-state index contributed by atoms with van der Waals surface area (Å²) < 4.78 is 17.0. The number of aromatic nitrogens is 1. The lowest BCUT2D eigenvalue weighted by atomic mass is 10.2. The summed E-state index contributed by atoms with van der Waals surface area (Å²) in [5, 5.41) is 6.85. The molecule has 4 aromatic rings. The van der Waals surface area contributed by atoms with E-state index in [4.69, 9.17) is 25.8 Å². The molecular formula is C23H20ClN3O4S. The Hall–Kier alpha value is -3.49. The number of thiazole rings is 1. The Morgan fingerprint density at radius 3 is 2.22 bits per heavy atom. The summed E-state index contributed by atoms with van der Waals surface area (Å²) in [5.41, 5.74) is 2.76. The first-order valence-electron chi connectivity index (χ1n) is 9.56. The van der Waals surface area contributed by atoms with Crippen LogP contribution in [0.1, 0.15) is 0 Å². The van der Waals surface area contributed by atoms with E-state index in [1.165, 1.54) is 21.3 Å². The second-order valence-electron chi connectivity index (χ2n) is 6.67. The minimum absolute atomic E-state index is 0.436. The molecule has 2 amide bonds. The molecule has 9 heteroatoms. The lowest BCUT2D eigenvalue weighted by Gasteiger charge is -2.15. The standard InChI is InChI=1S/C23H20ClN3O4S/c1-29-18-11-14(12-19(30-2)21(18)31-3)26-23(28)25-13-8-9-15(16(24)10-13)22-27-17-6-4-5-7-20(17)32-22/h4-12H,1-3H3,(H2,25,26,28). The van der Waals surface area contributed by atoms with Crippen LogP contribution in [0.15, 0.2) is 54.6 Å². The number of hydrogen-bond acceptors (Lipinski definition) is 6. The van der Waals surface area contributed by atoms with Gasteiger partial charge in [-0.1, -0.05) is 23.7 Å². The van der Waals surface area contributed by atoms with Crippen LogP contribution in [0.5, 0.6) is 17.2 Å². The van der Waals surface area contributed by atoms with E-state index in [0.29, 0.717) is 33.6 Å². The number of hydrogen-bond donors (Lipinski definition) is 2. The van der Waals surface area contributed by atoms with Gasteiger partial charge in [-0.25, -0.2) is 9.78 Å². The van der Waals surface area contributed by atoms with Gasteiger partial charge < -0.3 is 24.8 Å². The minimum Gasteiger partial charge on any atom is -0.493 e. The van der Waals surface area contributed by atoms with Crippen LogP contribution in [0.3, 0.4) is 0 Å². The number of benzene rings is 3. The molecule has 4 rings (SSSR count). The summed E-state index contributed by atoms with van der Waals surface area (Å²) >= 11 is 8.06. The van der Waals surface area contributed by atoms with Crippen molar-refractivity contribution in [2.24, 2.45) is 0 Å². The SMILES string of the molecule is COc1cc(NC(=O)Nc2ccc(-c3nc4ccccc4s3)c(Cl)c2)cc(OC)c1OC. The van der Waals surface area contributed by atoms with E-state index in [2.05, 4.69) is 15.6 Å². The Balaban J connectivity index is 1.51. The number of urea groups is 1. The van der Waals surface area contributed by atoms with Crippen molar-refractivity contribution in [2.75, 3.05) is 32.0 Å². The second-order valence-corrected chi connectivity index (χ2v) is 8.11. The maximum absolute atomic E-state index is 12.5. The largest absolute Gasteiger partial charge is 0.493 e. The van der Waals surface area contributed by atoms with Gasteiger partial charge in [0, 0.05) is 23.4 Å². The maximum atomic E-state index is 12.5. The van der Waals surface area contributed by atoms with E-state index >= 15 is 0 Å². The lowest BCUT2D eigenvalue weighted by Crippen LogP contribution is -2.19. The molecule has 3 aromatic carbocycles. The van der Waals surface area contributed by atoms with Crippen LogP contribution in [0, 0.1) is 0 Å². The van der Waals surface area contributed by atoms with E-state index < -0.39 is 6.03 Å². The van der Waals surface area contributed by atoms with E-state index in [0.717, 1.165) is 20.8 Å². The van der Waals surface area contributed by atoms with Crippen molar-refractivity contribution in [2.45, 2.75) is 0 Å². The van der Waals surface area contributed by atoms with E-state index in [-0.39, 0.29) is 0 Å². The normalized spacial score (nSPS) is 10.6. The average molecular weight is 470 g/mol. The number of rotatable bonds is 6. The number of anilines is 2. The van der Waals surface area contributed by atoms with Gasteiger partial charge in [-0.05, 0) is 30.3 Å². The molecule has 164 valence electrons. The molecule has 0 saturated carbocycles. The zero-order valence-corrected chi connectivity index (χ0v) is 19.1. The quantitative estimate of drug-likeness (QED) is 0.347. The van der Waals surface area contributed by atoms with Crippen LogP contribution >= 0.6 is 22.9 Å². The summed E-state index contributed by atoms with van der Waals surface area (Å²) in [4.78, 5) is 17.2. The number of halogens is 1. The van der Waals surface area contributed by atoms with Crippen LogP contribution in [-0.4, -0.2) is 32.3 Å². The first-order valence-corrected chi connectivity index (χ1v) is 10.8. The molecule has 0 aliphatic rings. The van der Waals surface area contributed by atoms with Crippen molar-refractivity contribution in [3.05, 3.63) is 59.6 Å². The highest BCUT2D eigenvalue weighted by atomic mass is 35.5. The van der Waals surface area contributed by atoms with Crippen molar-refractivity contribution >= 4 is 50.6 Å². The minimum atomic E-state index is -0.442. The fraction of sp³-hybridized carbons (Fsp3) is 0.130. The first-order chi connectivity index (χ1) is 15.5. The van der Waals surface area contributed by atoms with Crippen molar-refractivity contribution in [1.29, 1.82) is 0 Å². The Morgan fingerprint density at radius 1 is 0.906 bits per heavy atom. The Kier molecular flexibility index (Phi) is 6.34. The van der Waals surface area contributed by atoms with Gasteiger partial charge in [0.25, 0.3) is 0 Å². The van der Waals surface area contributed by atoms with Crippen molar-refractivity contribution in [3.8, 4) is 27.8 Å². The smallest absolute Gasteiger partial charge is 0.323 e.